The van der Waals surface area contributed by atoms with Gasteiger partial charge in [-0.1, -0.05) is 76.5 Å². The van der Waals surface area contributed by atoms with E-state index >= 15 is 0 Å². The van der Waals surface area contributed by atoms with Crippen LogP contribution in [0, 0.1) is 0 Å². The summed E-state index contributed by atoms with van der Waals surface area (Å²) >= 11 is 0. The molecule has 0 aromatic carbocycles. The molecule has 0 rings (SSSR count). The minimum absolute atomic E-state index is 0.119. The molecular weight excluding hydrogens is 432 g/mol. The Morgan fingerprint density at radius 1 is 0.735 bits per heavy atom. The lowest BCUT2D eigenvalue weighted by atomic mass is 10.1. The predicted octanol–water partition coefficient (Wildman–Crippen LogP) is 7.01. The van der Waals surface area contributed by atoms with Gasteiger partial charge in [0.2, 0.25) is 0 Å². The SMILES string of the molecule is C/C=C(\C)C(=O)OC[C@@H](COC(=O)CCCCCCC/C=C\CCCCCCCC)OC(C)=O. The van der Waals surface area contributed by atoms with Gasteiger partial charge in [-0.25, -0.2) is 4.79 Å². The summed E-state index contributed by atoms with van der Waals surface area (Å²) in [7, 11) is 0. The molecule has 0 amide bonds. The third-order valence-electron chi connectivity index (χ3n) is 5.56. The largest absolute Gasteiger partial charge is 0.462 e. The van der Waals surface area contributed by atoms with E-state index < -0.39 is 18.0 Å². The Morgan fingerprint density at radius 2 is 1.26 bits per heavy atom. The molecule has 0 aliphatic rings. The van der Waals surface area contributed by atoms with Crippen molar-refractivity contribution in [3.8, 4) is 0 Å². The van der Waals surface area contributed by atoms with Crippen LogP contribution >= 0.6 is 0 Å². The number of hydrogen-bond acceptors (Lipinski definition) is 6. The highest BCUT2D eigenvalue weighted by Crippen LogP contribution is 2.10. The first-order valence-electron chi connectivity index (χ1n) is 13.2. The van der Waals surface area contributed by atoms with Gasteiger partial charge in [-0.05, 0) is 46.0 Å². The van der Waals surface area contributed by atoms with E-state index in [1.165, 1.54) is 64.7 Å². The molecule has 34 heavy (non-hydrogen) atoms. The van der Waals surface area contributed by atoms with Crippen molar-refractivity contribution in [1.82, 2.24) is 0 Å². The van der Waals surface area contributed by atoms with Crippen molar-refractivity contribution in [2.75, 3.05) is 13.2 Å². The van der Waals surface area contributed by atoms with E-state index in [2.05, 4.69) is 19.1 Å². The smallest absolute Gasteiger partial charge is 0.333 e. The van der Waals surface area contributed by atoms with Gasteiger partial charge >= 0.3 is 17.9 Å². The van der Waals surface area contributed by atoms with Crippen molar-refractivity contribution in [3.05, 3.63) is 23.8 Å². The lowest BCUT2D eigenvalue weighted by Gasteiger charge is -2.17. The Bertz CT molecular complexity index is 608. The molecule has 0 aliphatic carbocycles. The maximum absolute atomic E-state index is 12.0. The lowest BCUT2D eigenvalue weighted by molar-refractivity contribution is -0.164. The summed E-state index contributed by atoms with van der Waals surface area (Å²) in [6.45, 7) is 6.61. The Hall–Kier alpha value is -2.11. The van der Waals surface area contributed by atoms with Crippen molar-refractivity contribution in [2.24, 2.45) is 0 Å². The van der Waals surface area contributed by atoms with Crippen molar-refractivity contribution in [2.45, 2.75) is 124 Å². The zero-order valence-corrected chi connectivity index (χ0v) is 22.1. The number of hydrogen-bond donors (Lipinski definition) is 0. The zero-order valence-electron chi connectivity index (χ0n) is 22.1. The van der Waals surface area contributed by atoms with Gasteiger partial charge in [0.05, 0.1) is 0 Å². The van der Waals surface area contributed by atoms with E-state index in [4.69, 9.17) is 14.2 Å². The number of allylic oxidation sites excluding steroid dienone is 3. The second kappa shape index (κ2) is 22.7. The second-order valence-electron chi connectivity index (χ2n) is 8.82. The van der Waals surface area contributed by atoms with Gasteiger partial charge in [0.25, 0.3) is 0 Å². The van der Waals surface area contributed by atoms with Crippen LogP contribution in [0.1, 0.15) is 118 Å². The molecule has 0 aliphatic heterocycles. The quantitative estimate of drug-likeness (QED) is 0.0578. The molecule has 196 valence electrons. The third kappa shape index (κ3) is 20.5. The monoisotopic (exact) mass is 480 g/mol. The summed E-state index contributed by atoms with van der Waals surface area (Å²) in [5, 5.41) is 0. The molecule has 0 radical (unpaired) electrons. The summed E-state index contributed by atoms with van der Waals surface area (Å²) in [6, 6.07) is 0. The number of unbranched alkanes of at least 4 members (excludes halogenated alkanes) is 11. The number of rotatable bonds is 21. The van der Waals surface area contributed by atoms with Gasteiger partial charge in [-0.3, -0.25) is 9.59 Å². The Balaban J connectivity index is 3.77. The highest BCUT2D eigenvalue weighted by Gasteiger charge is 2.18. The van der Waals surface area contributed by atoms with Crippen molar-refractivity contribution >= 4 is 17.9 Å². The van der Waals surface area contributed by atoms with Crippen LogP contribution in [0.3, 0.4) is 0 Å². The average Bonchev–Trinajstić information content (AvgIpc) is 2.82. The molecule has 1 atom stereocenters. The minimum atomic E-state index is -0.802. The molecule has 0 fully saturated rings. The lowest BCUT2D eigenvalue weighted by Crippen LogP contribution is -2.30. The van der Waals surface area contributed by atoms with E-state index in [9.17, 15) is 14.4 Å². The van der Waals surface area contributed by atoms with Crippen LogP contribution in [0.15, 0.2) is 23.8 Å². The summed E-state index contributed by atoms with van der Waals surface area (Å²) in [6.07, 6.45) is 21.4. The first-order valence-corrected chi connectivity index (χ1v) is 13.2. The van der Waals surface area contributed by atoms with Crippen LogP contribution in [-0.4, -0.2) is 37.2 Å². The van der Waals surface area contributed by atoms with Gasteiger partial charge < -0.3 is 14.2 Å². The van der Waals surface area contributed by atoms with Crippen LogP contribution < -0.4 is 0 Å². The van der Waals surface area contributed by atoms with Gasteiger partial charge in [-0.15, -0.1) is 0 Å². The Morgan fingerprint density at radius 3 is 1.82 bits per heavy atom. The van der Waals surface area contributed by atoms with Crippen LogP contribution in [-0.2, 0) is 28.6 Å². The maximum Gasteiger partial charge on any atom is 0.333 e. The van der Waals surface area contributed by atoms with Crippen molar-refractivity contribution in [1.29, 1.82) is 0 Å². The highest BCUT2D eigenvalue weighted by atomic mass is 16.6. The first-order chi connectivity index (χ1) is 16.4. The van der Waals surface area contributed by atoms with Gasteiger partial charge in [-0.2, -0.15) is 0 Å². The molecule has 0 saturated carbocycles. The van der Waals surface area contributed by atoms with Crippen molar-refractivity contribution in [3.63, 3.8) is 0 Å². The van der Waals surface area contributed by atoms with Crippen LogP contribution in [0.4, 0.5) is 0 Å². The van der Waals surface area contributed by atoms with Crippen molar-refractivity contribution < 1.29 is 28.6 Å². The standard InChI is InChI=1S/C28H48O6/c1-5-7-8-9-10-11-12-13-14-15-16-17-18-19-20-21-27(30)32-22-26(34-25(4)29)23-33-28(31)24(3)6-2/h6,13-14,26H,5,7-12,15-23H2,1-4H3/b14-13-,24-6+/t26-/m1/s1. The summed E-state index contributed by atoms with van der Waals surface area (Å²) in [4.78, 5) is 34.9. The second-order valence-corrected chi connectivity index (χ2v) is 8.82. The molecule has 6 nitrogen and oxygen atoms in total. The number of carbonyl (C=O) groups excluding carboxylic acids is 3. The van der Waals surface area contributed by atoms with Crippen LogP contribution in [0.5, 0.6) is 0 Å². The van der Waals surface area contributed by atoms with Gasteiger partial charge in [0.1, 0.15) is 13.2 Å². The maximum atomic E-state index is 12.0. The topological polar surface area (TPSA) is 78.9 Å². The molecule has 0 spiro atoms. The molecule has 0 unspecified atom stereocenters. The zero-order chi connectivity index (χ0) is 25.4. The first kappa shape index (κ1) is 31.9. The molecule has 0 aromatic rings. The highest BCUT2D eigenvalue weighted by molar-refractivity contribution is 5.87. The van der Waals surface area contributed by atoms with E-state index in [1.807, 2.05) is 0 Å². The van der Waals surface area contributed by atoms with Gasteiger partial charge in [0, 0.05) is 18.9 Å². The van der Waals surface area contributed by atoms with Crippen LogP contribution in [0.25, 0.3) is 0 Å². The predicted molar refractivity (Wildman–Crippen MR) is 136 cm³/mol. The molecule has 6 heteroatoms. The van der Waals surface area contributed by atoms with E-state index in [0.717, 1.165) is 25.7 Å². The fraction of sp³-hybridized carbons (Fsp3) is 0.750. The summed E-state index contributed by atoms with van der Waals surface area (Å²) in [5.41, 5.74) is 0.461. The molecule has 0 aromatic heterocycles. The van der Waals surface area contributed by atoms with E-state index in [1.54, 1.807) is 19.9 Å². The normalized spacial score (nSPS) is 12.5. The third-order valence-corrected chi connectivity index (χ3v) is 5.56. The minimum Gasteiger partial charge on any atom is -0.462 e. The average molecular weight is 481 g/mol. The Labute approximate surface area is 207 Å². The fourth-order valence-corrected chi connectivity index (χ4v) is 3.35. The molecular formula is C28H48O6. The number of ether oxygens (including phenoxy) is 3. The summed E-state index contributed by atoms with van der Waals surface area (Å²) < 4.78 is 15.4. The van der Waals surface area contributed by atoms with E-state index in [0.29, 0.717) is 12.0 Å². The Kier molecular flexibility index (Phi) is 21.3. The number of esters is 3. The summed E-state index contributed by atoms with van der Waals surface area (Å²) in [5.74, 6) is -1.33. The number of carbonyl (C=O) groups is 3. The fourth-order valence-electron chi connectivity index (χ4n) is 3.35. The molecule has 0 saturated heterocycles. The van der Waals surface area contributed by atoms with Gasteiger partial charge in [0.15, 0.2) is 6.10 Å². The van der Waals surface area contributed by atoms with Crippen LogP contribution in [0.2, 0.25) is 0 Å². The molecule has 0 N–H and O–H groups in total. The van der Waals surface area contributed by atoms with E-state index in [-0.39, 0.29) is 19.2 Å². The molecule has 0 bridgehead atoms. The molecule has 0 heterocycles.